The molecule has 2 heteroatoms. The lowest BCUT2D eigenvalue weighted by Crippen LogP contribution is -2.51. The number of benzene rings is 1. The summed E-state index contributed by atoms with van der Waals surface area (Å²) in [6, 6.07) is 9.80. The molecule has 0 N–H and O–H groups in total. The predicted molar refractivity (Wildman–Crippen MR) is 63.5 cm³/mol. The zero-order chi connectivity index (χ0) is 11.0. The summed E-state index contributed by atoms with van der Waals surface area (Å²) in [5, 5.41) is 0. The molecule has 3 aliphatic heterocycles. The van der Waals surface area contributed by atoms with Crippen molar-refractivity contribution in [2.45, 2.75) is 19.3 Å². The van der Waals surface area contributed by atoms with Crippen LogP contribution in [0, 0.1) is 5.41 Å². The molecule has 0 amide bonds. The van der Waals surface area contributed by atoms with Crippen molar-refractivity contribution in [3.63, 3.8) is 0 Å². The standard InChI is InChI=1S/C14H17NO/c16-13(12-4-2-1-3-5-12)14-6-9-15(10-7-14)11-8-14/h1-5H,6-11H2. The fraction of sp³-hybridized carbons (Fsp3) is 0.500. The molecule has 1 aromatic carbocycles. The summed E-state index contributed by atoms with van der Waals surface area (Å²) >= 11 is 0. The fourth-order valence-electron chi connectivity index (χ4n) is 3.06. The summed E-state index contributed by atoms with van der Waals surface area (Å²) in [4.78, 5) is 15.0. The van der Waals surface area contributed by atoms with Crippen molar-refractivity contribution in [3.05, 3.63) is 35.9 Å². The number of Topliss-reactive ketones (excluding diaryl/α,β-unsaturated/α-hetero) is 1. The number of fused-ring (bicyclic) bond motifs is 3. The molecular weight excluding hydrogens is 198 g/mol. The van der Waals surface area contributed by atoms with Crippen LogP contribution in [-0.4, -0.2) is 30.3 Å². The number of rotatable bonds is 2. The first kappa shape index (κ1) is 10.0. The first-order valence-electron chi connectivity index (χ1n) is 6.12. The first-order chi connectivity index (χ1) is 7.80. The SMILES string of the molecule is O=C(c1ccccc1)C12CCN(CC1)CC2. The minimum atomic E-state index is -0.0316. The minimum absolute atomic E-state index is 0.0316. The molecule has 1 aromatic rings. The van der Waals surface area contributed by atoms with Crippen LogP contribution in [0.15, 0.2) is 30.3 Å². The molecule has 4 rings (SSSR count). The van der Waals surface area contributed by atoms with Crippen LogP contribution >= 0.6 is 0 Å². The van der Waals surface area contributed by atoms with E-state index >= 15 is 0 Å². The third-order valence-corrected chi connectivity index (χ3v) is 4.24. The highest BCUT2D eigenvalue weighted by atomic mass is 16.1. The van der Waals surface area contributed by atoms with Crippen molar-refractivity contribution in [2.75, 3.05) is 19.6 Å². The van der Waals surface area contributed by atoms with Gasteiger partial charge in [-0.1, -0.05) is 30.3 Å². The lowest BCUT2D eigenvalue weighted by molar-refractivity contribution is 0.0252. The summed E-state index contributed by atoms with van der Waals surface area (Å²) in [5.41, 5.74) is 0.869. The molecule has 0 radical (unpaired) electrons. The van der Waals surface area contributed by atoms with Crippen molar-refractivity contribution in [1.82, 2.24) is 4.90 Å². The molecule has 16 heavy (non-hydrogen) atoms. The number of nitrogens with zero attached hydrogens (tertiary/aromatic N) is 1. The number of carbonyl (C=O) groups is 1. The average molecular weight is 215 g/mol. The van der Waals surface area contributed by atoms with Gasteiger partial charge in [0.2, 0.25) is 0 Å². The highest BCUT2D eigenvalue weighted by Gasteiger charge is 2.44. The number of ketones is 1. The normalized spacial score (nSPS) is 32.6. The van der Waals surface area contributed by atoms with E-state index in [1.165, 1.54) is 0 Å². The second-order valence-electron chi connectivity index (χ2n) is 5.07. The van der Waals surface area contributed by atoms with Crippen LogP contribution in [-0.2, 0) is 0 Å². The van der Waals surface area contributed by atoms with Gasteiger partial charge in [-0.2, -0.15) is 0 Å². The van der Waals surface area contributed by atoms with Crippen LogP contribution in [0.3, 0.4) is 0 Å². The number of piperidine rings is 3. The number of hydrogen-bond acceptors (Lipinski definition) is 2. The Labute approximate surface area is 96.3 Å². The Hall–Kier alpha value is -1.15. The number of carbonyl (C=O) groups excluding carboxylic acids is 1. The molecule has 0 spiro atoms. The Kier molecular flexibility index (Phi) is 2.32. The van der Waals surface area contributed by atoms with Gasteiger partial charge in [-0.3, -0.25) is 4.79 Å². The van der Waals surface area contributed by atoms with Gasteiger partial charge in [-0.05, 0) is 38.9 Å². The van der Waals surface area contributed by atoms with Crippen LogP contribution < -0.4 is 0 Å². The Bertz CT molecular complexity index is 377. The van der Waals surface area contributed by atoms with Gasteiger partial charge >= 0.3 is 0 Å². The number of hydrogen-bond donors (Lipinski definition) is 0. The minimum Gasteiger partial charge on any atom is -0.303 e. The quantitative estimate of drug-likeness (QED) is 0.706. The van der Waals surface area contributed by atoms with E-state index in [-0.39, 0.29) is 5.41 Å². The van der Waals surface area contributed by atoms with Gasteiger partial charge in [0.05, 0.1) is 0 Å². The highest BCUT2D eigenvalue weighted by molar-refractivity contribution is 6.00. The van der Waals surface area contributed by atoms with Gasteiger partial charge in [-0.15, -0.1) is 0 Å². The van der Waals surface area contributed by atoms with E-state index < -0.39 is 0 Å². The molecule has 3 aliphatic rings. The Morgan fingerprint density at radius 3 is 2.12 bits per heavy atom. The predicted octanol–water partition coefficient (Wildman–Crippen LogP) is 2.36. The van der Waals surface area contributed by atoms with E-state index in [0.29, 0.717) is 5.78 Å². The molecule has 0 aliphatic carbocycles. The van der Waals surface area contributed by atoms with Crippen LogP contribution in [0.5, 0.6) is 0 Å². The summed E-state index contributed by atoms with van der Waals surface area (Å²) in [6.45, 7) is 3.33. The molecule has 84 valence electrons. The Balaban J connectivity index is 1.89. The van der Waals surface area contributed by atoms with E-state index in [0.717, 1.165) is 44.5 Å². The van der Waals surface area contributed by atoms with Gasteiger partial charge in [0.15, 0.2) is 5.78 Å². The monoisotopic (exact) mass is 215 g/mol. The third-order valence-electron chi connectivity index (χ3n) is 4.24. The van der Waals surface area contributed by atoms with Gasteiger partial charge < -0.3 is 4.90 Å². The molecule has 0 atom stereocenters. The molecule has 2 nitrogen and oxygen atoms in total. The Morgan fingerprint density at radius 2 is 1.56 bits per heavy atom. The molecule has 3 saturated heterocycles. The average Bonchev–Trinajstić information content (AvgIpc) is 2.41. The Morgan fingerprint density at radius 1 is 1.00 bits per heavy atom. The van der Waals surface area contributed by atoms with E-state index in [2.05, 4.69) is 4.90 Å². The fourth-order valence-corrected chi connectivity index (χ4v) is 3.06. The topological polar surface area (TPSA) is 20.3 Å². The van der Waals surface area contributed by atoms with Crippen molar-refractivity contribution >= 4 is 5.78 Å². The van der Waals surface area contributed by atoms with Crippen molar-refractivity contribution in [2.24, 2.45) is 5.41 Å². The van der Waals surface area contributed by atoms with Crippen LogP contribution in [0.25, 0.3) is 0 Å². The van der Waals surface area contributed by atoms with Gasteiger partial charge in [0, 0.05) is 11.0 Å². The molecule has 3 heterocycles. The lowest BCUT2D eigenvalue weighted by atomic mass is 9.67. The zero-order valence-corrected chi connectivity index (χ0v) is 9.48. The van der Waals surface area contributed by atoms with Gasteiger partial charge in [0.1, 0.15) is 0 Å². The molecular formula is C14H17NO. The van der Waals surface area contributed by atoms with E-state index in [4.69, 9.17) is 0 Å². The lowest BCUT2D eigenvalue weighted by Gasteiger charge is -2.47. The van der Waals surface area contributed by atoms with Crippen molar-refractivity contribution in [3.8, 4) is 0 Å². The molecule has 0 saturated carbocycles. The molecule has 0 unspecified atom stereocenters. The van der Waals surface area contributed by atoms with E-state index in [1.807, 2.05) is 30.3 Å². The summed E-state index contributed by atoms with van der Waals surface area (Å²) in [7, 11) is 0. The maximum Gasteiger partial charge on any atom is 0.169 e. The maximum absolute atomic E-state index is 12.6. The second-order valence-corrected chi connectivity index (χ2v) is 5.07. The summed E-state index contributed by atoms with van der Waals surface area (Å²) in [6.07, 6.45) is 3.17. The van der Waals surface area contributed by atoms with Gasteiger partial charge in [-0.25, -0.2) is 0 Å². The highest BCUT2D eigenvalue weighted by Crippen LogP contribution is 2.42. The van der Waals surface area contributed by atoms with Crippen LogP contribution in [0.1, 0.15) is 29.6 Å². The largest absolute Gasteiger partial charge is 0.303 e. The second kappa shape index (κ2) is 3.70. The zero-order valence-electron chi connectivity index (χ0n) is 9.48. The van der Waals surface area contributed by atoms with E-state index in [1.54, 1.807) is 0 Å². The molecule has 0 aromatic heterocycles. The van der Waals surface area contributed by atoms with Crippen molar-refractivity contribution in [1.29, 1.82) is 0 Å². The third kappa shape index (κ3) is 1.49. The van der Waals surface area contributed by atoms with E-state index in [9.17, 15) is 4.79 Å². The van der Waals surface area contributed by atoms with Crippen LogP contribution in [0.4, 0.5) is 0 Å². The van der Waals surface area contributed by atoms with Gasteiger partial charge in [0.25, 0.3) is 0 Å². The van der Waals surface area contributed by atoms with Crippen molar-refractivity contribution < 1.29 is 4.79 Å². The first-order valence-corrected chi connectivity index (χ1v) is 6.12. The molecule has 2 bridgehead atoms. The maximum atomic E-state index is 12.6. The molecule has 3 fully saturated rings. The summed E-state index contributed by atoms with van der Waals surface area (Å²) < 4.78 is 0. The van der Waals surface area contributed by atoms with Crippen LogP contribution in [0.2, 0.25) is 0 Å². The smallest absolute Gasteiger partial charge is 0.169 e. The summed E-state index contributed by atoms with van der Waals surface area (Å²) in [5.74, 6) is 0.382.